The van der Waals surface area contributed by atoms with Gasteiger partial charge >= 0.3 is 0 Å². The van der Waals surface area contributed by atoms with Crippen molar-refractivity contribution in [2.45, 2.75) is 0 Å². The van der Waals surface area contributed by atoms with E-state index in [1.54, 1.807) is 36.4 Å². The molecule has 2 N–H and O–H groups in total. The molecule has 22 heavy (non-hydrogen) atoms. The van der Waals surface area contributed by atoms with E-state index in [1.807, 2.05) is 6.07 Å². The number of H-pyrrole nitrogens is 1. The summed E-state index contributed by atoms with van der Waals surface area (Å²) in [4.78, 5) is 27.6. The minimum atomic E-state index is -0.471. The fourth-order valence-corrected chi connectivity index (χ4v) is 2.78. The molecule has 0 radical (unpaired) electrons. The van der Waals surface area contributed by atoms with E-state index in [1.165, 1.54) is 6.20 Å². The molecule has 3 rings (SSSR count). The molecule has 4 nitrogen and oxygen atoms in total. The summed E-state index contributed by atoms with van der Waals surface area (Å²) >= 11 is 9.36. The number of benzene rings is 2. The van der Waals surface area contributed by atoms with Crippen LogP contribution >= 0.6 is 27.5 Å². The van der Waals surface area contributed by atoms with Crippen LogP contribution in [0.1, 0.15) is 10.4 Å². The standard InChI is InChI=1S/C16H10BrClN2O2/c17-9-3-1-4-10(7-9)20-16(22)12-8-19-14-11(15(12)21)5-2-6-13(14)18/h1-8H,(H,19,21)(H,20,22). The van der Waals surface area contributed by atoms with Crippen molar-refractivity contribution >= 4 is 50.0 Å². The Kier molecular flexibility index (Phi) is 4.00. The zero-order valence-corrected chi connectivity index (χ0v) is 13.5. The third kappa shape index (κ3) is 2.77. The van der Waals surface area contributed by atoms with E-state index < -0.39 is 5.91 Å². The molecule has 0 bridgehead atoms. The van der Waals surface area contributed by atoms with Crippen molar-refractivity contribution in [3.63, 3.8) is 0 Å². The van der Waals surface area contributed by atoms with Crippen LogP contribution in [0.15, 0.2) is 57.9 Å². The number of halogens is 2. The van der Waals surface area contributed by atoms with Crippen LogP contribution in [0.3, 0.4) is 0 Å². The second-order valence-corrected chi connectivity index (χ2v) is 5.98. The van der Waals surface area contributed by atoms with Gasteiger partial charge in [0.2, 0.25) is 5.43 Å². The molecule has 2 aromatic carbocycles. The minimum Gasteiger partial charge on any atom is -0.359 e. The maximum absolute atomic E-state index is 12.4. The summed E-state index contributed by atoms with van der Waals surface area (Å²) in [6.45, 7) is 0. The van der Waals surface area contributed by atoms with E-state index >= 15 is 0 Å². The van der Waals surface area contributed by atoms with Gasteiger partial charge in [-0.05, 0) is 30.3 Å². The molecule has 3 aromatic rings. The minimum absolute atomic E-state index is 0.0368. The molecule has 0 aliphatic rings. The van der Waals surface area contributed by atoms with Gasteiger partial charge in [0, 0.05) is 21.7 Å². The van der Waals surface area contributed by atoms with Gasteiger partial charge in [-0.1, -0.05) is 39.7 Å². The Hall–Kier alpha value is -2.11. The van der Waals surface area contributed by atoms with E-state index in [0.717, 1.165) is 4.47 Å². The lowest BCUT2D eigenvalue weighted by Crippen LogP contribution is -2.22. The predicted octanol–water partition coefficient (Wildman–Crippen LogP) is 4.20. The number of hydrogen-bond acceptors (Lipinski definition) is 2. The molecule has 0 unspecified atom stereocenters. The number of carbonyl (C=O) groups is 1. The molecule has 1 heterocycles. The van der Waals surface area contributed by atoms with Gasteiger partial charge in [-0.25, -0.2) is 0 Å². The van der Waals surface area contributed by atoms with Gasteiger partial charge in [0.25, 0.3) is 5.91 Å². The Labute approximate surface area is 139 Å². The highest BCUT2D eigenvalue weighted by Gasteiger charge is 2.14. The largest absolute Gasteiger partial charge is 0.359 e. The summed E-state index contributed by atoms with van der Waals surface area (Å²) in [5.74, 6) is -0.471. The SMILES string of the molecule is O=C(Nc1cccc(Br)c1)c1c[nH]c2c(Cl)cccc2c1=O. The molecule has 110 valence electrons. The first-order valence-electron chi connectivity index (χ1n) is 6.43. The van der Waals surface area contributed by atoms with E-state index in [4.69, 9.17) is 11.6 Å². The number of carbonyl (C=O) groups excluding carboxylic acids is 1. The lowest BCUT2D eigenvalue weighted by atomic mass is 10.1. The Morgan fingerprint density at radius 3 is 2.73 bits per heavy atom. The molecule has 6 heteroatoms. The van der Waals surface area contributed by atoms with E-state index in [0.29, 0.717) is 21.6 Å². The average molecular weight is 378 g/mol. The zero-order chi connectivity index (χ0) is 15.7. The molecule has 0 spiro atoms. The first kappa shape index (κ1) is 14.8. The van der Waals surface area contributed by atoms with Crippen molar-refractivity contribution in [1.82, 2.24) is 4.98 Å². The lowest BCUT2D eigenvalue weighted by Gasteiger charge is -2.07. The summed E-state index contributed by atoms with van der Waals surface area (Å²) in [5.41, 5.74) is 0.802. The first-order chi connectivity index (χ1) is 10.6. The van der Waals surface area contributed by atoms with Crippen molar-refractivity contribution in [2.75, 3.05) is 5.32 Å². The van der Waals surface area contributed by atoms with Gasteiger partial charge in [-0.2, -0.15) is 0 Å². The van der Waals surface area contributed by atoms with Gasteiger partial charge in [-0.15, -0.1) is 0 Å². The highest BCUT2D eigenvalue weighted by Crippen LogP contribution is 2.19. The second kappa shape index (κ2) is 5.94. The van der Waals surface area contributed by atoms with Crippen LogP contribution in [0, 0.1) is 0 Å². The monoisotopic (exact) mass is 376 g/mol. The van der Waals surface area contributed by atoms with Crippen LogP contribution in [-0.4, -0.2) is 10.9 Å². The summed E-state index contributed by atoms with van der Waals surface area (Å²) in [7, 11) is 0. The van der Waals surface area contributed by atoms with Gasteiger partial charge < -0.3 is 10.3 Å². The molecule has 0 fully saturated rings. The van der Waals surface area contributed by atoms with Gasteiger partial charge in [-0.3, -0.25) is 9.59 Å². The van der Waals surface area contributed by atoms with Crippen LogP contribution in [0.4, 0.5) is 5.69 Å². The number of hydrogen-bond donors (Lipinski definition) is 2. The second-order valence-electron chi connectivity index (χ2n) is 4.66. The van der Waals surface area contributed by atoms with Crippen molar-refractivity contribution < 1.29 is 4.79 Å². The Morgan fingerprint density at radius 2 is 1.95 bits per heavy atom. The lowest BCUT2D eigenvalue weighted by molar-refractivity contribution is 0.102. The zero-order valence-electron chi connectivity index (χ0n) is 11.2. The molecule has 1 amide bonds. The van der Waals surface area contributed by atoms with Crippen molar-refractivity contribution in [2.24, 2.45) is 0 Å². The molecule has 1 aromatic heterocycles. The van der Waals surface area contributed by atoms with Gasteiger partial charge in [0.05, 0.1) is 10.5 Å². The van der Waals surface area contributed by atoms with Gasteiger partial charge in [0.1, 0.15) is 5.56 Å². The van der Waals surface area contributed by atoms with E-state index in [2.05, 4.69) is 26.2 Å². The molecular formula is C16H10BrClN2O2. The maximum Gasteiger partial charge on any atom is 0.261 e. The Bertz CT molecular complexity index is 937. The van der Waals surface area contributed by atoms with Crippen molar-refractivity contribution in [3.05, 3.63) is 73.9 Å². The van der Waals surface area contributed by atoms with Crippen LogP contribution in [0.2, 0.25) is 5.02 Å². The summed E-state index contributed by atoms with van der Waals surface area (Å²) < 4.78 is 0.838. The van der Waals surface area contributed by atoms with E-state index in [9.17, 15) is 9.59 Å². The summed E-state index contributed by atoms with van der Waals surface area (Å²) in [6.07, 6.45) is 1.38. The molecule has 0 saturated carbocycles. The number of nitrogens with one attached hydrogen (secondary N) is 2. The summed E-state index contributed by atoms with van der Waals surface area (Å²) in [6, 6.07) is 12.1. The highest BCUT2D eigenvalue weighted by atomic mass is 79.9. The number of fused-ring (bicyclic) bond motifs is 1. The predicted molar refractivity (Wildman–Crippen MR) is 91.7 cm³/mol. The first-order valence-corrected chi connectivity index (χ1v) is 7.60. The van der Waals surface area contributed by atoms with Crippen LogP contribution < -0.4 is 10.7 Å². The normalized spacial score (nSPS) is 10.6. The highest BCUT2D eigenvalue weighted by molar-refractivity contribution is 9.10. The number of pyridine rings is 1. The molecule has 0 saturated heterocycles. The number of amides is 1. The quantitative estimate of drug-likeness (QED) is 0.703. The summed E-state index contributed by atoms with van der Waals surface area (Å²) in [5, 5.41) is 3.52. The number of aromatic amines is 1. The van der Waals surface area contributed by atoms with Crippen LogP contribution in [-0.2, 0) is 0 Å². The number of rotatable bonds is 2. The maximum atomic E-state index is 12.4. The third-order valence-electron chi connectivity index (χ3n) is 3.19. The molecular weight excluding hydrogens is 368 g/mol. The van der Waals surface area contributed by atoms with Crippen LogP contribution in [0.5, 0.6) is 0 Å². The fraction of sp³-hybridized carbons (Fsp3) is 0. The van der Waals surface area contributed by atoms with Crippen molar-refractivity contribution in [3.8, 4) is 0 Å². The number of aromatic nitrogens is 1. The molecule has 0 aliphatic heterocycles. The van der Waals surface area contributed by atoms with E-state index in [-0.39, 0.29) is 11.0 Å². The van der Waals surface area contributed by atoms with Crippen LogP contribution in [0.25, 0.3) is 10.9 Å². The van der Waals surface area contributed by atoms with Crippen molar-refractivity contribution in [1.29, 1.82) is 0 Å². The van der Waals surface area contributed by atoms with Gasteiger partial charge in [0.15, 0.2) is 0 Å². The fourth-order valence-electron chi connectivity index (χ4n) is 2.15. The molecule has 0 atom stereocenters. The Balaban J connectivity index is 2.01. The average Bonchev–Trinajstić information content (AvgIpc) is 2.48. The third-order valence-corrected chi connectivity index (χ3v) is 4.00. The number of anilines is 1. The smallest absolute Gasteiger partial charge is 0.261 e. The number of para-hydroxylation sites is 1. The molecule has 0 aliphatic carbocycles. The Morgan fingerprint density at radius 1 is 1.18 bits per heavy atom. The topological polar surface area (TPSA) is 62.0 Å².